The lowest BCUT2D eigenvalue weighted by Crippen LogP contribution is -2.66. The maximum atomic E-state index is 17.2. The molecule has 384 valence electrons. The van der Waals surface area contributed by atoms with Crippen molar-refractivity contribution in [3.05, 3.63) is 66.4 Å². The van der Waals surface area contributed by atoms with Crippen LogP contribution in [0.5, 0.6) is 0 Å². The van der Waals surface area contributed by atoms with Gasteiger partial charge in [-0.1, -0.05) is 63.2 Å². The second kappa shape index (κ2) is 21.9. The van der Waals surface area contributed by atoms with E-state index in [1.54, 1.807) is 102 Å². The number of aliphatic hydroxyl groups excluding tert-OH is 2. The molecule has 4 heterocycles. The van der Waals surface area contributed by atoms with Crippen molar-refractivity contribution < 1.29 is 67.0 Å². The number of unbranched alkanes of at least 4 members (excludes halogenated alkanes) is 1. The van der Waals surface area contributed by atoms with Crippen molar-refractivity contribution in [2.75, 3.05) is 40.1 Å². The average molecular weight is 981 g/mol. The number of nitrogens with two attached hydrogens (primary N) is 1. The molecule has 14 atom stereocenters. The molecular formula is C50H69FN6O13. The summed E-state index contributed by atoms with van der Waals surface area (Å²) in [5.41, 5.74) is 1.60. The van der Waals surface area contributed by atoms with Crippen LogP contribution in [0.2, 0.25) is 0 Å². The van der Waals surface area contributed by atoms with Crippen LogP contribution in [0.25, 0.3) is 11.3 Å². The summed E-state index contributed by atoms with van der Waals surface area (Å²) in [5.74, 6) is -7.23. The Morgan fingerprint density at radius 2 is 1.66 bits per heavy atom. The average Bonchev–Trinajstić information content (AvgIpc) is 3.91. The number of nitrogens with zero attached hydrogens (tertiary/aromatic N) is 5. The molecule has 0 aliphatic carbocycles. The van der Waals surface area contributed by atoms with Crippen LogP contribution in [0, 0.1) is 17.8 Å². The van der Waals surface area contributed by atoms with Gasteiger partial charge in [0.05, 0.1) is 35.5 Å². The number of anilines is 1. The number of alkyl halides is 1. The Hall–Kier alpha value is -5.38. The van der Waals surface area contributed by atoms with E-state index in [-0.39, 0.29) is 30.7 Å². The smallest absolute Gasteiger partial charge is 0.410 e. The van der Waals surface area contributed by atoms with Crippen LogP contribution in [0.3, 0.4) is 0 Å². The highest BCUT2D eigenvalue weighted by atomic mass is 19.1. The molecule has 0 spiro atoms. The van der Waals surface area contributed by atoms with Gasteiger partial charge in [-0.25, -0.2) is 18.8 Å². The number of amides is 1. The standard InChI is InChI=1S/C50H69FN6O13/c1-11-36-50(7)41(57(47(64)70-50)23-16-15-22-56-26-34(53-54-56)32-20-17-21-33(52)24-32)29(3)38(58)28(2)25-48(5,65-10)43(30(4)42(61)49(6,51)46(63)68-36)69-45-40(60)37(55(8)9)39(59)35(67-45)27-66-44(62)31-18-13-12-14-19-31/h12-14,17-21,24,26,28-30,35-37,39-41,43,45,59-60H,11,15-16,22-23,25,27,52H2,1-10H3/t28-,29+,30+,35-,36-,37+,39-,40-,41-,43-,45+,48-,49+,50-/m1/s1. The summed E-state index contributed by atoms with van der Waals surface area (Å²) in [7, 11) is 4.53. The van der Waals surface area contributed by atoms with Crippen LogP contribution in [0.15, 0.2) is 60.8 Å². The van der Waals surface area contributed by atoms with Gasteiger partial charge in [0.1, 0.15) is 42.5 Å². The Morgan fingerprint density at radius 1 is 0.971 bits per heavy atom. The van der Waals surface area contributed by atoms with E-state index in [4.69, 9.17) is 34.2 Å². The molecule has 19 nitrogen and oxygen atoms in total. The summed E-state index contributed by atoms with van der Waals surface area (Å²) in [6.45, 7) is 10.3. The summed E-state index contributed by atoms with van der Waals surface area (Å²) >= 11 is 0. The molecule has 3 aliphatic rings. The fourth-order valence-electron chi connectivity index (χ4n) is 10.4. The van der Waals surface area contributed by atoms with E-state index in [1.165, 1.54) is 23.8 Å². The van der Waals surface area contributed by atoms with E-state index in [1.807, 2.05) is 12.1 Å². The minimum Gasteiger partial charge on any atom is -0.459 e. The van der Waals surface area contributed by atoms with Gasteiger partial charge in [-0.05, 0) is 84.8 Å². The van der Waals surface area contributed by atoms with Crippen molar-refractivity contribution in [2.24, 2.45) is 17.8 Å². The van der Waals surface area contributed by atoms with Crippen molar-refractivity contribution in [3.8, 4) is 11.3 Å². The minimum atomic E-state index is -3.31. The number of Topliss-reactive ketones (excluding diaryl/α,β-unsaturated/α-hetero) is 2. The van der Waals surface area contributed by atoms with Crippen LogP contribution >= 0.6 is 0 Å². The Bertz CT molecular complexity index is 2330. The second-order valence-electron chi connectivity index (χ2n) is 19.7. The zero-order valence-corrected chi connectivity index (χ0v) is 41.7. The molecule has 3 fully saturated rings. The monoisotopic (exact) mass is 980 g/mol. The Kier molecular flexibility index (Phi) is 16.9. The van der Waals surface area contributed by atoms with Gasteiger partial charge in [-0.15, -0.1) is 5.10 Å². The number of fused-ring (bicyclic) bond motifs is 1. The maximum absolute atomic E-state index is 17.2. The number of esters is 2. The predicted octanol–water partition coefficient (Wildman–Crippen LogP) is 4.41. The third-order valence-corrected chi connectivity index (χ3v) is 14.3. The lowest BCUT2D eigenvalue weighted by molar-refractivity contribution is -0.319. The summed E-state index contributed by atoms with van der Waals surface area (Å²) in [6, 6.07) is 13.3. The number of cyclic esters (lactones) is 1. The molecule has 3 aliphatic heterocycles. The largest absolute Gasteiger partial charge is 0.459 e. The molecule has 70 heavy (non-hydrogen) atoms. The first kappa shape index (κ1) is 54.0. The summed E-state index contributed by atoms with van der Waals surface area (Å²) in [5, 5.41) is 31.7. The van der Waals surface area contributed by atoms with Gasteiger partial charge in [-0.3, -0.25) is 14.3 Å². The molecule has 0 radical (unpaired) electrons. The molecule has 0 saturated carbocycles. The Balaban J connectivity index is 1.29. The van der Waals surface area contributed by atoms with Gasteiger partial charge in [0.15, 0.2) is 17.7 Å². The number of nitrogen functional groups attached to an aromatic ring is 1. The number of aliphatic hydroxyl groups is 2. The maximum Gasteiger partial charge on any atom is 0.410 e. The third kappa shape index (κ3) is 11.1. The van der Waals surface area contributed by atoms with Gasteiger partial charge in [0.25, 0.3) is 5.67 Å². The highest BCUT2D eigenvalue weighted by Crippen LogP contribution is 2.44. The van der Waals surface area contributed by atoms with E-state index in [0.29, 0.717) is 30.8 Å². The van der Waals surface area contributed by atoms with E-state index in [9.17, 15) is 34.2 Å². The molecule has 6 rings (SSSR count). The van der Waals surface area contributed by atoms with Crippen molar-refractivity contribution in [3.63, 3.8) is 0 Å². The fourth-order valence-corrected chi connectivity index (χ4v) is 10.4. The van der Waals surface area contributed by atoms with Gasteiger partial charge in [-0.2, -0.15) is 0 Å². The zero-order chi connectivity index (χ0) is 51.5. The number of aromatic nitrogens is 3. The number of likely N-dealkylation sites (N-methyl/N-ethyl adjacent to an activating group) is 1. The molecule has 0 unspecified atom stereocenters. The number of methoxy groups -OCH3 is 1. The number of hydrogen-bond acceptors (Lipinski definition) is 17. The van der Waals surface area contributed by atoms with E-state index in [0.717, 1.165) is 12.5 Å². The first-order valence-electron chi connectivity index (χ1n) is 23.8. The van der Waals surface area contributed by atoms with Crippen LogP contribution in [0.1, 0.15) is 84.5 Å². The van der Waals surface area contributed by atoms with Crippen molar-refractivity contribution in [1.82, 2.24) is 24.8 Å². The Labute approximate surface area is 408 Å². The van der Waals surface area contributed by atoms with Crippen LogP contribution in [0.4, 0.5) is 14.9 Å². The van der Waals surface area contributed by atoms with Crippen LogP contribution in [-0.2, 0) is 49.3 Å². The number of carbonyl (C=O) groups is 5. The van der Waals surface area contributed by atoms with Crippen LogP contribution < -0.4 is 5.73 Å². The molecule has 1 amide bonds. The molecule has 3 aromatic rings. The predicted molar refractivity (Wildman–Crippen MR) is 251 cm³/mol. The number of rotatable bonds is 14. The number of ketones is 2. The number of hydrogen-bond donors (Lipinski definition) is 3. The molecule has 1 aromatic heterocycles. The van der Waals surface area contributed by atoms with E-state index >= 15 is 4.39 Å². The van der Waals surface area contributed by atoms with Crippen molar-refractivity contribution in [2.45, 2.75) is 146 Å². The van der Waals surface area contributed by atoms with Gasteiger partial charge < -0.3 is 54.2 Å². The zero-order valence-electron chi connectivity index (χ0n) is 41.7. The second-order valence-corrected chi connectivity index (χ2v) is 19.7. The quantitative estimate of drug-likeness (QED) is 0.0666. The van der Waals surface area contributed by atoms with Gasteiger partial charge in [0.2, 0.25) is 0 Å². The summed E-state index contributed by atoms with van der Waals surface area (Å²) in [4.78, 5) is 73.4. The highest BCUT2D eigenvalue weighted by Gasteiger charge is 2.62. The number of halogens is 1. The van der Waals surface area contributed by atoms with Crippen molar-refractivity contribution >= 4 is 35.3 Å². The lowest BCUT2D eigenvalue weighted by atomic mass is 9.73. The molecule has 2 aromatic carbocycles. The number of ether oxygens (including phenoxy) is 6. The molecule has 0 bridgehead atoms. The van der Waals surface area contributed by atoms with Crippen molar-refractivity contribution in [1.29, 1.82) is 0 Å². The lowest BCUT2D eigenvalue weighted by Gasteiger charge is -2.48. The minimum absolute atomic E-state index is 0.0168. The SMILES string of the molecule is CC[C@H]1OC(=O)[C@@](C)(F)C(=O)[C@H](C)[C@@H](O[C@@H]2O[C@H](COC(=O)c3ccccc3)[C@@H](O)[C@H](N(C)C)[C@H]2O)[C@](C)(OC)C[C@@H](C)C(=O)[C@H](C)[C@H]2N(CCCCn3cc(-c4cccc(N)c4)nn3)C(=O)O[C@]12C. The third-order valence-electron chi connectivity index (χ3n) is 14.3. The molecule has 20 heteroatoms. The van der Waals surface area contributed by atoms with Gasteiger partial charge in [0, 0.05) is 49.2 Å². The molecule has 3 saturated heterocycles. The highest BCUT2D eigenvalue weighted by molar-refractivity contribution is 6.08. The Morgan fingerprint density at radius 3 is 2.30 bits per heavy atom. The topological polar surface area (TPSA) is 244 Å². The fraction of sp³-hybridized carbons (Fsp3) is 0.620. The van der Waals surface area contributed by atoms with E-state index < -0.39 is 114 Å². The molecule has 4 N–H and O–H groups in total. The van der Waals surface area contributed by atoms with E-state index in [2.05, 4.69) is 10.3 Å². The number of aryl methyl sites for hydroxylation is 1. The summed E-state index contributed by atoms with van der Waals surface area (Å²) < 4.78 is 55.1. The number of carbonyl (C=O) groups excluding carboxylic acids is 5. The van der Waals surface area contributed by atoms with Gasteiger partial charge >= 0.3 is 18.0 Å². The number of benzene rings is 2. The first-order valence-corrected chi connectivity index (χ1v) is 23.8. The normalized spacial score (nSPS) is 34.4. The summed E-state index contributed by atoms with van der Waals surface area (Å²) in [6.07, 6.45) is -6.93. The van der Waals surface area contributed by atoms with Crippen LogP contribution in [-0.4, -0.2) is 165 Å². The molecular weight excluding hydrogens is 912 g/mol. The first-order chi connectivity index (χ1) is 33.0.